The van der Waals surface area contributed by atoms with Crippen LogP contribution < -0.4 is 0 Å². The number of rotatable bonds is 6. The van der Waals surface area contributed by atoms with Crippen molar-refractivity contribution in [1.29, 1.82) is 0 Å². The molecule has 4 aromatic carbocycles. The molecule has 3 nitrogen and oxygen atoms in total. The van der Waals surface area contributed by atoms with Crippen LogP contribution >= 0.6 is 0 Å². The van der Waals surface area contributed by atoms with Gasteiger partial charge in [0.2, 0.25) is 5.91 Å². The summed E-state index contributed by atoms with van der Waals surface area (Å²) in [5.41, 5.74) is 5.75. The highest BCUT2D eigenvalue weighted by Gasteiger charge is 2.39. The SMILES string of the molecule is CC(C(=O)N(Cc1ccccc1F)C1Cc2ccccc2C1)N1CCc2ccccc2C1c1ccccc1F. The smallest absolute Gasteiger partial charge is 0.240 e. The van der Waals surface area contributed by atoms with Gasteiger partial charge < -0.3 is 4.90 Å². The lowest BCUT2D eigenvalue weighted by Gasteiger charge is -2.43. The van der Waals surface area contributed by atoms with Crippen molar-refractivity contribution in [2.75, 3.05) is 6.54 Å². The van der Waals surface area contributed by atoms with E-state index in [9.17, 15) is 9.18 Å². The van der Waals surface area contributed by atoms with Crippen molar-refractivity contribution in [3.05, 3.63) is 142 Å². The number of carbonyl (C=O) groups excluding carboxylic acids is 1. The number of amides is 1. The summed E-state index contributed by atoms with van der Waals surface area (Å²) in [6.45, 7) is 2.74. The molecule has 39 heavy (non-hydrogen) atoms. The van der Waals surface area contributed by atoms with Gasteiger partial charge in [0.15, 0.2) is 0 Å². The van der Waals surface area contributed by atoms with E-state index in [0.717, 1.165) is 24.8 Å². The van der Waals surface area contributed by atoms with Crippen molar-refractivity contribution in [2.24, 2.45) is 0 Å². The molecule has 1 aliphatic heterocycles. The van der Waals surface area contributed by atoms with Gasteiger partial charge in [-0.3, -0.25) is 9.69 Å². The van der Waals surface area contributed by atoms with Crippen LogP contribution in [0.4, 0.5) is 8.78 Å². The largest absolute Gasteiger partial charge is 0.333 e. The Morgan fingerprint density at radius 3 is 2.03 bits per heavy atom. The fourth-order valence-corrected chi connectivity index (χ4v) is 6.38. The number of hydrogen-bond acceptors (Lipinski definition) is 2. The minimum absolute atomic E-state index is 0.0585. The van der Waals surface area contributed by atoms with Crippen LogP contribution in [0.5, 0.6) is 0 Å². The van der Waals surface area contributed by atoms with E-state index >= 15 is 4.39 Å². The van der Waals surface area contributed by atoms with E-state index in [-0.39, 0.29) is 36.2 Å². The van der Waals surface area contributed by atoms with Gasteiger partial charge in [0.25, 0.3) is 0 Å². The van der Waals surface area contributed by atoms with Crippen LogP contribution in [0.25, 0.3) is 0 Å². The van der Waals surface area contributed by atoms with Gasteiger partial charge in [-0.25, -0.2) is 8.78 Å². The summed E-state index contributed by atoms with van der Waals surface area (Å²) >= 11 is 0. The van der Waals surface area contributed by atoms with E-state index in [1.807, 2.05) is 60.4 Å². The lowest BCUT2D eigenvalue weighted by molar-refractivity contribution is -0.140. The van der Waals surface area contributed by atoms with Crippen LogP contribution in [0.3, 0.4) is 0 Å². The molecule has 2 atom stereocenters. The van der Waals surface area contributed by atoms with Gasteiger partial charge >= 0.3 is 0 Å². The second-order valence-electron chi connectivity index (χ2n) is 10.7. The summed E-state index contributed by atoms with van der Waals surface area (Å²) in [5, 5.41) is 0. The molecule has 0 aromatic heterocycles. The molecule has 0 spiro atoms. The first-order valence-corrected chi connectivity index (χ1v) is 13.7. The third-order valence-electron chi connectivity index (χ3n) is 8.43. The van der Waals surface area contributed by atoms with E-state index < -0.39 is 6.04 Å². The molecule has 0 fully saturated rings. The zero-order valence-electron chi connectivity index (χ0n) is 22.1. The molecule has 2 unspecified atom stereocenters. The van der Waals surface area contributed by atoms with Gasteiger partial charge in [-0.2, -0.15) is 0 Å². The maximum atomic E-state index is 15.2. The van der Waals surface area contributed by atoms with Crippen molar-refractivity contribution in [3.8, 4) is 0 Å². The van der Waals surface area contributed by atoms with Gasteiger partial charge in [-0.1, -0.05) is 84.9 Å². The van der Waals surface area contributed by atoms with Crippen molar-refractivity contribution in [3.63, 3.8) is 0 Å². The molecule has 4 aromatic rings. The Morgan fingerprint density at radius 1 is 0.795 bits per heavy atom. The molecule has 0 radical (unpaired) electrons. The summed E-state index contributed by atoms with van der Waals surface area (Å²) in [7, 11) is 0. The lowest BCUT2D eigenvalue weighted by atomic mass is 9.86. The molecule has 6 rings (SSSR count). The summed E-state index contributed by atoms with van der Waals surface area (Å²) in [6.07, 6.45) is 2.26. The maximum absolute atomic E-state index is 15.2. The first-order valence-electron chi connectivity index (χ1n) is 13.7. The maximum Gasteiger partial charge on any atom is 0.240 e. The van der Waals surface area contributed by atoms with Crippen LogP contribution in [0.2, 0.25) is 0 Å². The summed E-state index contributed by atoms with van der Waals surface area (Å²) in [5.74, 6) is -0.648. The Hall–Kier alpha value is -3.83. The molecule has 198 valence electrons. The van der Waals surface area contributed by atoms with Gasteiger partial charge in [-0.15, -0.1) is 0 Å². The molecule has 1 heterocycles. The Balaban J connectivity index is 1.36. The normalized spacial score (nSPS) is 17.9. The van der Waals surface area contributed by atoms with Crippen molar-refractivity contribution < 1.29 is 13.6 Å². The predicted molar refractivity (Wildman–Crippen MR) is 149 cm³/mol. The summed E-state index contributed by atoms with van der Waals surface area (Å²) in [4.78, 5) is 18.4. The van der Waals surface area contributed by atoms with Crippen molar-refractivity contribution in [2.45, 2.75) is 50.9 Å². The van der Waals surface area contributed by atoms with Crippen molar-refractivity contribution >= 4 is 5.91 Å². The molecule has 0 bridgehead atoms. The van der Waals surface area contributed by atoms with Gasteiger partial charge in [0.05, 0.1) is 12.1 Å². The number of fused-ring (bicyclic) bond motifs is 2. The predicted octanol–water partition coefficient (Wildman–Crippen LogP) is 6.50. The molecule has 1 amide bonds. The average Bonchev–Trinajstić information content (AvgIpc) is 3.40. The first kappa shape index (κ1) is 25.4. The van der Waals surface area contributed by atoms with E-state index in [1.165, 1.54) is 28.8 Å². The molecule has 0 N–H and O–H groups in total. The fourth-order valence-electron chi connectivity index (χ4n) is 6.38. The number of hydrogen-bond donors (Lipinski definition) is 0. The highest BCUT2D eigenvalue weighted by atomic mass is 19.1. The van der Waals surface area contributed by atoms with Crippen LogP contribution in [-0.2, 0) is 30.6 Å². The second-order valence-corrected chi connectivity index (χ2v) is 10.7. The van der Waals surface area contributed by atoms with Gasteiger partial charge in [-0.05, 0) is 60.6 Å². The highest BCUT2D eigenvalue weighted by Crippen LogP contribution is 2.38. The van der Waals surface area contributed by atoms with Crippen LogP contribution in [0.1, 0.15) is 46.3 Å². The van der Waals surface area contributed by atoms with E-state index in [1.54, 1.807) is 18.2 Å². The monoisotopic (exact) mass is 522 g/mol. The molecule has 2 aliphatic rings. The fraction of sp³-hybridized carbons (Fsp3) is 0.265. The quantitative estimate of drug-likeness (QED) is 0.289. The average molecular weight is 523 g/mol. The minimum atomic E-state index is -0.529. The number of halogens is 2. The Morgan fingerprint density at radius 2 is 1.36 bits per heavy atom. The molecule has 0 saturated carbocycles. The zero-order valence-corrected chi connectivity index (χ0v) is 22.1. The molecule has 1 aliphatic carbocycles. The standard InChI is InChI=1S/C34H32F2N2O/c1-23(37-19-18-24-10-4-6-14-29(24)33(37)30-15-7-9-17-32(30)36)34(39)38(22-27-13-5-8-16-31(27)35)28-20-25-11-2-3-12-26(25)21-28/h2-17,23,28,33H,18-22H2,1H3. The minimum Gasteiger partial charge on any atom is -0.333 e. The van der Waals surface area contributed by atoms with E-state index in [0.29, 0.717) is 17.7 Å². The zero-order chi connectivity index (χ0) is 26.9. The number of benzene rings is 4. The molecule has 0 saturated heterocycles. The number of nitrogens with zero attached hydrogens (tertiary/aromatic N) is 2. The second kappa shape index (κ2) is 10.7. The Kier molecular flexibility index (Phi) is 7.01. The summed E-state index contributed by atoms with van der Waals surface area (Å²) in [6, 6.07) is 28.9. The lowest BCUT2D eigenvalue weighted by Crippen LogP contribution is -2.53. The molecular formula is C34H32F2N2O. The van der Waals surface area contributed by atoms with E-state index in [4.69, 9.17) is 0 Å². The van der Waals surface area contributed by atoms with Crippen LogP contribution in [0, 0.1) is 11.6 Å². The van der Waals surface area contributed by atoms with Gasteiger partial charge in [0, 0.05) is 30.3 Å². The highest BCUT2D eigenvalue weighted by molar-refractivity contribution is 5.82. The summed E-state index contributed by atoms with van der Waals surface area (Å²) < 4.78 is 30.1. The van der Waals surface area contributed by atoms with Crippen LogP contribution in [0.15, 0.2) is 97.1 Å². The van der Waals surface area contributed by atoms with Gasteiger partial charge in [0.1, 0.15) is 11.6 Å². The van der Waals surface area contributed by atoms with Crippen LogP contribution in [-0.4, -0.2) is 34.3 Å². The third-order valence-corrected chi connectivity index (χ3v) is 8.43. The third kappa shape index (κ3) is 4.87. The van der Waals surface area contributed by atoms with Crippen molar-refractivity contribution in [1.82, 2.24) is 9.80 Å². The Bertz CT molecular complexity index is 1480. The Labute approximate surface area is 228 Å². The molecular weight excluding hydrogens is 490 g/mol. The number of carbonyl (C=O) groups is 1. The first-order chi connectivity index (χ1) is 19.0. The molecule has 5 heteroatoms. The topological polar surface area (TPSA) is 23.6 Å². The van der Waals surface area contributed by atoms with E-state index in [2.05, 4.69) is 23.1 Å².